The zero-order valence-electron chi connectivity index (χ0n) is 14.1. The number of nitrogens with one attached hydrogen (secondary N) is 1. The number of hydrogen-bond donors (Lipinski definition) is 1. The average molecular weight is 386 g/mol. The molecule has 0 radical (unpaired) electrons. The van der Waals surface area contributed by atoms with Crippen molar-refractivity contribution in [1.29, 1.82) is 0 Å². The Kier molecular flexibility index (Phi) is 6.04. The molecule has 0 fully saturated rings. The molecule has 0 saturated carbocycles. The number of nitrogens with zero attached hydrogens (tertiary/aromatic N) is 1. The van der Waals surface area contributed by atoms with Crippen LogP contribution in [0, 0.1) is 17.5 Å². The molecule has 1 N–H and O–H groups in total. The summed E-state index contributed by atoms with van der Waals surface area (Å²) in [5.74, 6) is -4.20. The van der Waals surface area contributed by atoms with Crippen molar-refractivity contribution in [2.45, 2.75) is 18.7 Å². The predicted molar refractivity (Wildman–Crippen MR) is 90.8 cm³/mol. The van der Waals surface area contributed by atoms with Crippen molar-refractivity contribution >= 4 is 21.6 Å². The molecule has 0 aliphatic heterocycles. The maximum Gasteiger partial charge on any atom is 0.258 e. The summed E-state index contributed by atoms with van der Waals surface area (Å²) < 4.78 is 66.3. The lowest BCUT2D eigenvalue weighted by atomic mass is 10.2. The van der Waals surface area contributed by atoms with E-state index in [4.69, 9.17) is 0 Å². The minimum atomic E-state index is -3.88. The van der Waals surface area contributed by atoms with Crippen LogP contribution in [0.5, 0.6) is 0 Å². The molecule has 1 amide bonds. The van der Waals surface area contributed by atoms with E-state index in [-0.39, 0.29) is 23.7 Å². The molecule has 0 unspecified atom stereocenters. The van der Waals surface area contributed by atoms with E-state index in [2.05, 4.69) is 5.32 Å². The van der Waals surface area contributed by atoms with Gasteiger partial charge in [-0.05, 0) is 30.3 Å². The van der Waals surface area contributed by atoms with Crippen molar-refractivity contribution < 1.29 is 26.4 Å². The van der Waals surface area contributed by atoms with E-state index in [1.807, 2.05) is 0 Å². The topological polar surface area (TPSA) is 66.5 Å². The Morgan fingerprint density at radius 3 is 2.15 bits per heavy atom. The van der Waals surface area contributed by atoms with Crippen molar-refractivity contribution in [3.63, 3.8) is 0 Å². The van der Waals surface area contributed by atoms with E-state index >= 15 is 0 Å². The lowest BCUT2D eigenvalue weighted by Crippen LogP contribution is -2.31. The van der Waals surface area contributed by atoms with E-state index < -0.39 is 38.9 Å². The fraction of sp³-hybridized carbons (Fsp3) is 0.235. The summed E-state index contributed by atoms with van der Waals surface area (Å²) in [5, 5.41) is 2.21. The number of carbonyl (C=O) groups excluding carboxylic acids is 1. The van der Waals surface area contributed by atoms with Crippen molar-refractivity contribution in [3.05, 3.63) is 59.4 Å². The van der Waals surface area contributed by atoms with Crippen LogP contribution in [-0.2, 0) is 10.0 Å². The molecule has 0 aliphatic carbocycles. The van der Waals surface area contributed by atoms with Crippen LogP contribution in [-0.4, -0.2) is 31.7 Å². The van der Waals surface area contributed by atoms with Crippen LogP contribution < -0.4 is 5.32 Å². The summed E-state index contributed by atoms with van der Waals surface area (Å²) in [6.45, 7) is 3.74. The van der Waals surface area contributed by atoms with Gasteiger partial charge in [-0.15, -0.1) is 0 Å². The lowest BCUT2D eigenvalue weighted by molar-refractivity contribution is 0.102. The van der Waals surface area contributed by atoms with Crippen LogP contribution in [0.1, 0.15) is 24.2 Å². The Hall–Kier alpha value is -2.39. The first-order valence-corrected chi connectivity index (χ1v) is 9.20. The normalized spacial score (nSPS) is 11.6. The third-order valence-electron chi connectivity index (χ3n) is 3.70. The van der Waals surface area contributed by atoms with Crippen molar-refractivity contribution in [2.24, 2.45) is 0 Å². The molecule has 0 saturated heterocycles. The van der Waals surface area contributed by atoms with Crippen molar-refractivity contribution in [1.82, 2.24) is 4.31 Å². The number of carbonyl (C=O) groups is 1. The Morgan fingerprint density at radius 1 is 0.962 bits per heavy atom. The molecular weight excluding hydrogens is 369 g/mol. The van der Waals surface area contributed by atoms with Crippen LogP contribution >= 0.6 is 0 Å². The highest BCUT2D eigenvalue weighted by Crippen LogP contribution is 2.21. The van der Waals surface area contributed by atoms with Crippen LogP contribution in [0.3, 0.4) is 0 Å². The first-order valence-electron chi connectivity index (χ1n) is 7.76. The summed E-state index contributed by atoms with van der Waals surface area (Å²) in [6, 6.07) is 5.50. The molecule has 26 heavy (non-hydrogen) atoms. The van der Waals surface area contributed by atoms with Gasteiger partial charge in [-0.25, -0.2) is 21.6 Å². The quantitative estimate of drug-likeness (QED) is 0.828. The molecule has 0 heterocycles. The molecule has 0 aromatic heterocycles. The smallest absolute Gasteiger partial charge is 0.258 e. The number of amides is 1. The average Bonchev–Trinajstić information content (AvgIpc) is 2.59. The summed E-state index contributed by atoms with van der Waals surface area (Å²) in [7, 11) is -3.88. The summed E-state index contributed by atoms with van der Waals surface area (Å²) >= 11 is 0. The number of anilines is 1. The molecule has 0 atom stereocenters. The van der Waals surface area contributed by atoms with Crippen LogP contribution in [0.4, 0.5) is 18.9 Å². The zero-order valence-corrected chi connectivity index (χ0v) is 14.9. The standard InChI is InChI=1S/C17H17F3N2O3S/c1-3-22(4-2)26(24,25)12-6-8-14(18)13(10-12)17(23)21-11-5-7-15(19)16(20)9-11/h5-10H,3-4H2,1-2H3,(H,21,23). The first kappa shape index (κ1) is 19.9. The monoisotopic (exact) mass is 386 g/mol. The second kappa shape index (κ2) is 7.88. The third kappa shape index (κ3) is 4.05. The van der Waals surface area contributed by atoms with Crippen LogP contribution in [0.2, 0.25) is 0 Å². The lowest BCUT2D eigenvalue weighted by Gasteiger charge is -2.19. The number of hydrogen-bond acceptors (Lipinski definition) is 3. The van der Waals surface area contributed by atoms with E-state index in [1.165, 1.54) is 0 Å². The predicted octanol–water partition coefficient (Wildman–Crippen LogP) is 3.39. The molecule has 2 rings (SSSR count). The Balaban J connectivity index is 2.37. The highest BCUT2D eigenvalue weighted by molar-refractivity contribution is 7.89. The van der Waals surface area contributed by atoms with Crippen molar-refractivity contribution in [2.75, 3.05) is 18.4 Å². The van der Waals surface area contributed by atoms with Crippen LogP contribution in [0.15, 0.2) is 41.3 Å². The highest BCUT2D eigenvalue weighted by Gasteiger charge is 2.24. The van der Waals surface area contributed by atoms with Gasteiger partial charge in [-0.2, -0.15) is 4.31 Å². The van der Waals surface area contributed by atoms with E-state index in [1.54, 1.807) is 13.8 Å². The van der Waals surface area contributed by atoms with Gasteiger partial charge in [0.05, 0.1) is 10.5 Å². The van der Waals surface area contributed by atoms with Crippen molar-refractivity contribution in [3.8, 4) is 0 Å². The van der Waals surface area contributed by atoms with Gasteiger partial charge in [0.1, 0.15) is 5.82 Å². The van der Waals surface area contributed by atoms with Gasteiger partial charge in [0.15, 0.2) is 11.6 Å². The van der Waals surface area contributed by atoms with E-state index in [0.29, 0.717) is 0 Å². The van der Waals surface area contributed by atoms with E-state index in [0.717, 1.165) is 40.7 Å². The Bertz CT molecular complexity index is 929. The second-order valence-corrected chi connectivity index (χ2v) is 7.25. The van der Waals surface area contributed by atoms with Gasteiger partial charge in [-0.3, -0.25) is 4.79 Å². The third-order valence-corrected chi connectivity index (χ3v) is 5.75. The molecule has 0 spiro atoms. The molecule has 9 heteroatoms. The Morgan fingerprint density at radius 2 is 1.58 bits per heavy atom. The van der Waals surface area contributed by atoms with Crippen LogP contribution in [0.25, 0.3) is 0 Å². The molecular formula is C17H17F3N2O3S. The molecule has 2 aromatic rings. The maximum atomic E-state index is 14.0. The largest absolute Gasteiger partial charge is 0.322 e. The number of rotatable bonds is 6. The number of benzene rings is 2. The molecule has 140 valence electrons. The zero-order chi connectivity index (χ0) is 19.5. The minimum absolute atomic E-state index is 0.0923. The van der Waals surface area contributed by atoms with E-state index in [9.17, 15) is 26.4 Å². The van der Waals surface area contributed by atoms with Gasteiger partial charge in [0.2, 0.25) is 10.0 Å². The van der Waals surface area contributed by atoms with Gasteiger partial charge in [0, 0.05) is 24.8 Å². The fourth-order valence-corrected chi connectivity index (χ4v) is 3.81. The fourth-order valence-electron chi connectivity index (χ4n) is 2.32. The Labute approximate surface area is 149 Å². The van der Waals surface area contributed by atoms with Gasteiger partial charge < -0.3 is 5.32 Å². The van der Waals surface area contributed by atoms with Gasteiger partial charge in [0.25, 0.3) is 5.91 Å². The summed E-state index contributed by atoms with van der Waals surface area (Å²) in [6.07, 6.45) is 0. The summed E-state index contributed by atoms with van der Waals surface area (Å²) in [5.41, 5.74) is -0.617. The van der Waals surface area contributed by atoms with Gasteiger partial charge >= 0.3 is 0 Å². The minimum Gasteiger partial charge on any atom is -0.322 e. The molecule has 0 aliphatic rings. The molecule has 2 aromatic carbocycles. The highest BCUT2D eigenvalue weighted by atomic mass is 32.2. The summed E-state index contributed by atoms with van der Waals surface area (Å²) in [4.78, 5) is 12.0. The number of halogens is 3. The molecule has 0 bridgehead atoms. The first-order chi connectivity index (χ1) is 12.2. The molecule has 5 nitrogen and oxygen atoms in total. The van der Waals surface area contributed by atoms with Gasteiger partial charge in [-0.1, -0.05) is 13.8 Å². The second-order valence-electron chi connectivity index (χ2n) is 5.31. The maximum absolute atomic E-state index is 14.0. The number of sulfonamides is 1. The SMILES string of the molecule is CCN(CC)S(=O)(=O)c1ccc(F)c(C(=O)Nc2ccc(F)c(F)c2)c1.